The average molecular weight is 277 g/mol. The highest BCUT2D eigenvalue weighted by Crippen LogP contribution is 2.34. The highest BCUT2D eigenvalue weighted by molar-refractivity contribution is 6.00. The van der Waals surface area contributed by atoms with E-state index in [0.29, 0.717) is 36.0 Å². The van der Waals surface area contributed by atoms with Gasteiger partial charge in [0.2, 0.25) is 5.91 Å². The van der Waals surface area contributed by atoms with Crippen LogP contribution in [-0.2, 0) is 16.0 Å². The lowest BCUT2D eigenvalue weighted by molar-refractivity contribution is -0.384. The Bertz CT molecular complexity index is 567. The van der Waals surface area contributed by atoms with Crippen LogP contribution < -0.4 is 10.6 Å². The number of anilines is 2. The smallest absolute Gasteiger partial charge is 0.292 e. The van der Waals surface area contributed by atoms with Crippen molar-refractivity contribution in [2.75, 3.05) is 30.4 Å². The van der Waals surface area contributed by atoms with Gasteiger partial charge in [0.15, 0.2) is 0 Å². The van der Waals surface area contributed by atoms with E-state index in [-0.39, 0.29) is 18.0 Å². The third kappa shape index (κ3) is 2.44. The van der Waals surface area contributed by atoms with Gasteiger partial charge >= 0.3 is 0 Å². The first-order valence-corrected chi connectivity index (χ1v) is 6.56. The predicted molar refractivity (Wildman–Crippen MR) is 72.8 cm³/mol. The van der Waals surface area contributed by atoms with E-state index in [0.717, 1.165) is 13.0 Å². The molecule has 2 aliphatic rings. The molecule has 1 atom stereocenters. The molecular weight excluding hydrogens is 262 g/mol. The van der Waals surface area contributed by atoms with Crippen LogP contribution in [0.5, 0.6) is 0 Å². The van der Waals surface area contributed by atoms with Crippen LogP contribution in [0.4, 0.5) is 17.1 Å². The normalized spacial score (nSPS) is 20.6. The molecule has 0 saturated carbocycles. The molecule has 0 radical (unpaired) electrons. The third-order valence-corrected chi connectivity index (χ3v) is 3.65. The second-order valence-corrected chi connectivity index (χ2v) is 5.12. The number of rotatable bonds is 4. The molecule has 1 amide bonds. The summed E-state index contributed by atoms with van der Waals surface area (Å²) in [5.41, 5.74) is 1.80. The molecule has 2 heterocycles. The van der Waals surface area contributed by atoms with Crippen molar-refractivity contribution in [2.45, 2.75) is 12.8 Å². The lowest BCUT2D eigenvalue weighted by atomic mass is 10.1. The second-order valence-electron chi connectivity index (χ2n) is 5.12. The molecule has 7 nitrogen and oxygen atoms in total. The van der Waals surface area contributed by atoms with Crippen LogP contribution in [0.15, 0.2) is 12.1 Å². The fraction of sp³-hybridized carbons (Fsp3) is 0.462. The maximum absolute atomic E-state index is 11.3. The summed E-state index contributed by atoms with van der Waals surface area (Å²) < 4.78 is 5.28. The molecule has 0 aliphatic carbocycles. The van der Waals surface area contributed by atoms with Gasteiger partial charge in [-0.15, -0.1) is 0 Å². The first-order valence-electron chi connectivity index (χ1n) is 6.56. The van der Waals surface area contributed by atoms with E-state index < -0.39 is 4.92 Å². The number of hydrogen-bond acceptors (Lipinski definition) is 5. The third-order valence-electron chi connectivity index (χ3n) is 3.65. The van der Waals surface area contributed by atoms with Crippen molar-refractivity contribution < 1.29 is 14.5 Å². The fourth-order valence-electron chi connectivity index (χ4n) is 2.55. The number of carbonyl (C=O) groups excluding carboxylic acids is 1. The number of nitro benzene ring substituents is 1. The SMILES string of the molecule is O=C1Cc2cc([N+](=O)[O-])c(NCC3CCOC3)cc2N1. The zero-order valence-electron chi connectivity index (χ0n) is 10.8. The quantitative estimate of drug-likeness (QED) is 0.643. The van der Waals surface area contributed by atoms with Crippen molar-refractivity contribution in [1.29, 1.82) is 0 Å². The van der Waals surface area contributed by atoms with Crippen LogP contribution in [0.2, 0.25) is 0 Å². The molecule has 106 valence electrons. The minimum atomic E-state index is -0.420. The minimum absolute atomic E-state index is 0.0131. The summed E-state index contributed by atoms with van der Waals surface area (Å²) in [4.78, 5) is 22.1. The molecule has 2 aliphatic heterocycles. The van der Waals surface area contributed by atoms with Gasteiger partial charge in [-0.25, -0.2) is 0 Å². The Morgan fingerprint density at radius 3 is 3.05 bits per heavy atom. The van der Waals surface area contributed by atoms with Crippen LogP contribution in [0.1, 0.15) is 12.0 Å². The molecule has 1 unspecified atom stereocenters. The van der Waals surface area contributed by atoms with Crippen LogP contribution in [0.3, 0.4) is 0 Å². The van der Waals surface area contributed by atoms with Crippen LogP contribution in [0, 0.1) is 16.0 Å². The Labute approximate surface area is 115 Å². The van der Waals surface area contributed by atoms with E-state index in [1.807, 2.05) is 0 Å². The van der Waals surface area contributed by atoms with Gasteiger partial charge in [-0.1, -0.05) is 0 Å². The van der Waals surface area contributed by atoms with Crippen LogP contribution >= 0.6 is 0 Å². The zero-order chi connectivity index (χ0) is 14.1. The summed E-state index contributed by atoms with van der Waals surface area (Å²) in [6.07, 6.45) is 1.16. The first-order chi connectivity index (χ1) is 9.63. The molecule has 1 fully saturated rings. The Balaban J connectivity index is 1.82. The summed E-state index contributed by atoms with van der Waals surface area (Å²) in [6.45, 7) is 2.06. The number of nitrogens with zero attached hydrogens (tertiary/aromatic N) is 1. The van der Waals surface area contributed by atoms with Gasteiger partial charge in [-0.3, -0.25) is 14.9 Å². The summed E-state index contributed by atoms with van der Waals surface area (Å²) in [5, 5.41) is 16.9. The van der Waals surface area contributed by atoms with E-state index in [4.69, 9.17) is 4.74 Å². The number of ether oxygens (including phenoxy) is 1. The van der Waals surface area contributed by atoms with Crippen LogP contribution in [-0.4, -0.2) is 30.6 Å². The Morgan fingerprint density at radius 2 is 2.35 bits per heavy atom. The molecule has 0 bridgehead atoms. The van der Waals surface area contributed by atoms with E-state index in [1.165, 1.54) is 6.07 Å². The summed E-state index contributed by atoms with van der Waals surface area (Å²) >= 11 is 0. The van der Waals surface area contributed by atoms with Crippen molar-refractivity contribution in [3.05, 3.63) is 27.8 Å². The summed E-state index contributed by atoms with van der Waals surface area (Å²) in [5.74, 6) is 0.244. The molecule has 0 aromatic heterocycles. The van der Waals surface area contributed by atoms with Crippen molar-refractivity contribution >= 4 is 23.0 Å². The average Bonchev–Trinajstić information content (AvgIpc) is 3.02. The molecule has 3 rings (SSSR count). The monoisotopic (exact) mass is 277 g/mol. The highest BCUT2D eigenvalue weighted by Gasteiger charge is 2.25. The Morgan fingerprint density at radius 1 is 1.50 bits per heavy atom. The van der Waals surface area contributed by atoms with Crippen molar-refractivity contribution in [3.8, 4) is 0 Å². The molecule has 1 aromatic rings. The molecule has 2 N–H and O–H groups in total. The number of amides is 1. The van der Waals surface area contributed by atoms with E-state index in [2.05, 4.69) is 10.6 Å². The Hall–Kier alpha value is -2.15. The molecular formula is C13H15N3O4. The topological polar surface area (TPSA) is 93.5 Å². The lowest BCUT2D eigenvalue weighted by Gasteiger charge is -2.12. The molecule has 0 spiro atoms. The van der Waals surface area contributed by atoms with Crippen LogP contribution in [0.25, 0.3) is 0 Å². The molecule has 1 saturated heterocycles. The maximum atomic E-state index is 11.3. The largest absolute Gasteiger partial charge is 0.381 e. The number of nitro groups is 1. The Kier molecular flexibility index (Phi) is 3.27. The van der Waals surface area contributed by atoms with Gasteiger partial charge in [0, 0.05) is 30.8 Å². The highest BCUT2D eigenvalue weighted by atomic mass is 16.6. The van der Waals surface area contributed by atoms with Gasteiger partial charge in [0.1, 0.15) is 5.69 Å². The molecule has 20 heavy (non-hydrogen) atoms. The van der Waals surface area contributed by atoms with E-state index >= 15 is 0 Å². The van der Waals surface area contributed by atoms with Crippen molar-refractivity contribution in [3.63, 3.8) is 0 Å². The number of benzene rings is 1. The first kappa shape index (κ1) is 12.9. The van der Waals surface area contributed by atoms with E-state index in [9.17, 15) is 14.9 Å². The van der Waals surface area contributed by atoms with Gasteiger partial charge < -0.3 is 15.4 Å². The summed E-state index contributed by atoms with van der Waals surface area (Å²) in [7, 11) is 0. The van der Waals surface area contributed by atoms with Crippen molar-refractivity contribution in [2.24, 2.45) is 5.92 Å². The summed E-state index contributed by atoms with van der Waals surface area (Å²) in [6, 6.07) is 3.12. The number of carbonyl (C=O) groups is 1. The van der Waals surface area contributed by atoms with Gasteiger partial charge in [-0.05, 0) is 18.1 Å². The number of hydrogen-bond donors (Lipinski definition) is 2. The molecule has 1 aromatic carbocycles. The minimum Gasteiger partial charge on any atom is -0.381 e. The van der Waals surface area contributed by atoms with Gasteiger partial charge in [-0.2, -0.15) is 0 Å². The van der Waals surface area contributed by atoms with Crippen molar-refractivity contribution in [1.82, 2.24) is 0 Å². The lowest BCUT2D eigenvalue weighted by Crippen LogP contribution is -2.15. The number of fused-ring (bicyclic) bond motifs is 1. The molecule has 7 heteroatoms. The number of nitrogens with one attached hydrogen (secondary N) is 2. The fourth-order valence-corrected chi connectivity index (χ4v) is 2.55. The standard InChI is InChI=1S/C13H15N3O4/c17-13-4-9-3-12(16(18)19)11(5-10(9)15-13)14-6-8-1-2-20-7-8/h3,5,8,14H,1-2,4,6-7H2,(H,15,17). The maximum Gasteiger partial charge on any atom is 0.292 e. The second kappa shape index (κ2) is 5.09. The van der Waals surface area contributed by atoms with Gasteiger partial charge in [0.25, 0.3) is 5.69 Å². The predicted octanol–water partition coefficient (Wildman–Crippen LogP) is 1.54. The zero-order valence-corrected chi connectivity index (χ0v) is 10.8. The van der Waals surface area contributed by atoms with Gasteiger partial charge in [0.05, 0.1) is 18.0 Å². The van der Waals surface area contributed by atoms with E-state index in [1.54, 1.807) is 6.07 Å².